The van der Waals surface area contributed by atoms with Gasteiger partial charge in [-0.25, -0.2) is 9.97 Å². The number of benzene rings is 5. The van der Waals surface area contributed by atoms with Crippen LogP contribution < -0.4 is 30.7 Å². The highest BCUT2D eigenvalue weighted by molar-refractivity contribution is 6.11. The van der Waals surface area contributed by atoms with Crippen LogP contribution in [0.15, 0.2) is 127 Å². The Balaban J connectivity index is 1.21. The average Bonchev–Trinajstić information content (AvgIpc) is 3.18. The van der Waals surface area contributed by atoms with Gasteiger partial charge in [-0.2, -0.15) is 0 Å². The zero-order valence-corrected chi connectivity index (χ0v) is 28.8. The van der Waals surface area contributed by atoms with Crippen molar-refractivity contribution < 1.29 is 33.8 Å². The number of pyridine rings is 2. The first-order valence-electron chi connectivity index (χ1n) is 17.1. The van der Waals surface area contributed by atoms with Crippen LogP contribution in [-0.2, 0) is 9.59 Å². The topological polar surface area (TPSA) is 181 Å². The largest absolute Gasteiger partial charge is 0.508 e. The Morgan fingerprint density at radius 2 is 0.891 bits per heavy atom. The van der Waals surface area contributed by atoms with E-state index in [1.165, 1.54) is 30.3 Å². The minimum absolute atomic E-state index is 0.0331. The average molecular weight is 731 g/mol. The van der Waals surface area contributed by atoms with Crippen molar-refractivity contribution in [2.45, 2.75) is 0 Å². The standard InChI is InChI=1S/C42H30N6O7/c49-28-20-26-19-27(21-28)42(53)48-36-14-6-12-34(44-36)46-38(51)23-55-32-18-16-25-8-2-4-10-30(25)40(32)39-29-9-3-1-7-24(29)15-17-31(39)54-22-37(50)45-33-11-5-13-35(43-33)47-41(26)52/h1-21,49H,22-23H2,(H2,43,45,47,50,52)(H2,44,46,48,51,53). The number of hydrogen-bond acceptors (Lipinski definition) is 9. The van der Waals surface area contributed by atoms with Gasteiger partial charge in [0, 0.05) is 22.3 Å². The van der Waals surface area contributed by atoms with Crippen molar-refractivity contribution in [3.05, 3.63) is 139 Å². The van der Waals surface area contributed by atoms with Crippen LogP contribution in [0.5, 0.6) is 17.2 Å². The lowest BCUT2D eigenvalue weighted by atomic mass is 9.92. The molecular weight excluding hydrogens is 700 g/mol. The molecule has 0 saturated carbocycles. The highest BCUT2D eigenvalue weighted by Gasteiger charge is 2.21. The third kappa shape index (κ3) is 7.43. The Bertz CT molecular complexity index is 2500. The van der Waals surface area contributed by atoms with Gasteiger partial charge in [0.1, 0.15) is 40.5 Å². The zero-order valence-electron chi connectivity index (χ0n) is 28.8. The van der Waals surface area contributed by atoms with E-state index >= 15 is 0 Å². The number of aromatic nitrogens is 2. The third-order valence-corrected chi connectivity index (χ3v) is 8.71. The smallest absolute Gasteiger partial charge is 0.263 e. The number of nitrogens with one attached hydrogen (secondary N) is 4. The van der Waals surface area contributed by atoms with Crippen LogP contribution in [-0.4, -0.2) is 51.9 Å². The number of carbonyl (C=O) groups is 4. The minimum atomic E-state index is -0.670. The SMILES string of the molecule is O=C1COc2ccc3ccccc3c2-c2c(ccc3ccccc23)OCC(=O)Nc2cccc(n2)NC(=O)c2cc(O)cc(c2)C(=O)Nc2cccc(n2)N1. The summed E-state index contributed by atoms with van der Waals surface area (Å²) in [4.78, 5) is 61.8. The molecule has 13 heteroatoms. The van der Waals surface area contributed by atoms with E-state index in [1.807, 2.05) is 60.7 Å². The first kappa shape index (κ1) is 34.3. The van der Waals surface area contributed by atoms with E-state index in [4.69, 9.17) is 9.47 Å². The molecule has 5 aromatic carbocycles. The molecule has 5 N–H and O–H groups in total. The summed E-state index contributed by atoms with van der Waals surface area (Å²) in [6.07, 6.45) is 0. The van der Waals surface area contributed by atoms with E-state index in [9.17, 15) is 24.3 Å². The number of phenols is 1. The fourth-order valence-electron chi connectivity index (χ4n) is 6.30. The van der Waals surface area contributed by atoms with E-state index in [2.05, 4.69) is 31.2 Å². The quantitative estimate of drug-likeness (QED) is 0.110. The molecule has 1 aliphatic rings. The van der Waals surface area contributed by atoms with E-state index in [1.54, 1.807) is 36.4 Å². The third-order valence-electron chi connectivity index (χ3n) is 8.71. The first-order chi connectivity index (χ1) is 26.8. The maximum atomic E-state index is 13.3. The summed E-state index contributed by atoms with van der Waals surface area (Å²) < 4.78 is 12.5. The lowest BCUT2D eigenvalue weighted by Gasteiger charge is -2.19. The molecule has 3 heterocycles. The molecule has 13 nitrogen and oxygen atoms in total. The van der Waals surface area contributed by atoms with Crippen LogP contribution in [0.2, 0.25) is 0 Å². The maximum absolute atomic E-state index is 13.3. The van der Waals surface area contributed by atoms with Gasteiger partial charge in [-0.1, -0.05) is 72.8 Å². The molecular formula is C42H30N6O7. The highest BCUT2D eigenvalue weighted by atomic mass is 16.5. The number of carbonyl (C=O) groups excluding carboxylic acids is 4. The molecule has 1 aliphatic heterocycles. The number of rotatable bonds is 0. The van der Waals surface area contributed by atoms with Crippen molar-refractivity contribution in [1.82, 2.24) is 9.97 Å². The Hall–Kier alpha value is -7.80. The number of ether oxygens (including phenoxy) is 2. The van der Waals surface area contributed by atoms with Crippen molar-refractivity contribution in [2.24, 2.45) is 0 Å². The number of aromatic hydroxyl groups is 1. The van der Waals surface area contributed by atoms with E-state index in [0.29, 0.717) is 22.6 Å². The molecule has 2 aromatic heterocycles. The van der Waals surface area contributed by atoms with Gasteiger partial charge in [0.25, 0.3) is 23.6 Å². The van der Waals surface area contributed by atoms with Gasteiger partial charge in [-0.05, 0) is 76.1 Å². The molecule has 0 unspecified atom stereocenters. The first-order valence-corrected chi connectivity index (χ1v) is 17.1. The lowest BCUT2D eigenvalue weighted by molar-refractivity contribution is -0.118. The van der Waals surface area contributed by atoms with Crippen LogP contribution in [0.4, 0.5) is 23.3 Å². The van der Waals surface area contributed by atoms with E-state index in [-0.39, 0.29) is 40.1 Å². The lowest BCUT2D eigenvalue weighted by Crippen LogP contribution is -2.22. The van der Waals surface area contributed by atoms with Crippen LogP contribution >= 0.6 is 0 Å². The number of amides is 4. The number of phenolic OH excluding ortho intramolecular Hbond substituents is 1. The van der Waals surface area contributed by atoms with Crippen molar-refractivity contribution in [3.63, 3.8) is 0 Å². The number of nitrogens with zero attached hydrogens (tertiary/aromatic N) is 2. The predicted molar refractivity (Wildman–Crippen MR) is 208 cm³/mol. The fraction of sp³-hybridized carbons (Fsp3) is 0.0476. The molecule has 7 aromatic rings. The molecule has 270 valence electrons. The van der Waals surface area contributed by atoms with Gasteiger partial charge in [0.05, 0.1) is 0 Å². The minimum Gasteiger partial charge on any atom is -0.508 e. The fourth-order valence-corrected chi connectivity index (χ4v) is 6.30. The summed E-state index contributed by atoms with van der Waals surface area (Å²) >= 11 is 0. The van der Waals surface area contributed by atoms with Gasteiger partial charge in [0.2, 0.25) is 0 Å². The van der Waals surface area contributed by atoms with Crippen LogP contribution in [0.3, 0.4) is 0 Å². The molecule has 8 rings (SSSR count). The van der Waals surface area contributed by atoms with E-state index < -0.39 is 36.8 Å². The van der Waals surface area contributed by atoms with Crippen LogP contribution in [0.25, 0.3) is 32.7 Å². The number of hydrogen-bond donors (Lipinski definition) is 5. The van der Waals surface area contributed by atoms with Crippen molar-refractivity contribution >= 4 is 68.4 Å². The van der Waals surface area contributed by atoms with Crippen molar-refractivity contribution in [2.75, 3.05) is 34.5 Å². The molecule has 0 spiro atoms. The molecule has 0 saturated heterocycles. The van der Waals surface area contributed by atoms with Gasteiger partial charge < -0.3 is 35.8 Å². The molecule has 0 radical (unpaired) electrons. The molecule has 0 atom stereocenters. The molecule has 4 amide bonds. The summed E-state index contributed by atoms with van der Waals surface area (Å²) in [7, 11) is 0. The Morgan fingerprint density at radius 1 is 0.473 bits per heavy atom. The molecule has 55 heavy (non-hydrogen) atoms. The number of anilines is 4. The van der Waals surface area contributed by atoms with Gasteiger partial charge in [0.15, 0.2) is 13.2 Å². The summed E-state index contributed by atoms with van der Waals surface area (Å²) in [5.41, 5.74) is 1.25. The second kappa shape index (κ2) is 14.7. The van der Waals surface area contributed by atoms with Gasteiger partial charge in [-0.3, -0.25) is 19.2 Å². The van der Waals surface area contributed by atoms with E-state index in [0.717, 1.165) is 21.5 Å². The second-order valence-corrected chi connectivity index (χ2v) is 12.5. The maximum Gasteiger partial charge on any atom is 0.263 e. The molecule has 6 bridgehead atoms. The molecule has 0 fully saturated rings. The summed E-state index contributed by atoms with van der Waals surface area (Å²) in [6.45, 7) is -0.791. The summed E-state index contributed by atoms with van der Waals surface area (Å²) in [5.74, 6) is -1.43. The monoisotopic (exact) mass is 730 g/mol. The van der Waals surface area contributed by atoms with Gasteiger partial charge in [-0.15, -0.1) is 0 Å². The Labute approximate surface area is 313 Å². The highest BCUT2D eigenvalue weighted by Crippen LogP contribution is 2.45. The zero-order chi connectivity index (χ0) is 37.9. The summed E-state index contributed by atoms with van der Waals surface area (Å²) in [6, 6.07) is 35.9. The summed E-state index contributed by atoms with van der Waals surface area (Å²) in [5, 5.41) is 24.5. The Morgan fingerprint density at radius 3 is 1.35 bits per heavy atom. The van der Waals surface area contributed by atoms with Crippen LogP contribution in [0.1, 0.15) is 20.7 Å². The van der Waals surface area contributed by atoms with Crippen molar-refractivity contribution in [1.29, 1.82) is 0 Å². The molecule has 0 aliphatic carbocycles. The van der Waals surface area contributed by atoms with Crippen molar-refractivity contribution in [3.8, 4) is 28.4 Å². The predicted octanol–water partition coefficient (Wildman–Crippen LogP) is 7.01. The van der Waals surface area contributed by atoms with Crippen LogP contribution in [0, 0.1) is 0 Å². The normalized spacial score (nSPS) is 13.7. The Kier molecular flexibility index (Phi) is 9.15. The van der Waals surface area contributed by atoms with Gasteiger partial charge >= 0.3 is 0 Å². The number of fused-ring (bicyclic) bond motifs is 13. The second-order valence-electron chi connectivity index (χ2n) is 12.5.